The molecule has 0 aliphatic heterocycles. The van der Waals surface area contributed by atoms with E-state index >= 15 is 0 Å². The van der Waals surface area contributed by atoms with Gasteiger partial charge in [-0.3, -0.25) is 4.99 Å². The molecule has 11 heavy (non-hydrogen) atoms. The SMILES string of the molecule is C=CC=N/C=C(/CC)CC=C. The van der Waals surface area contributed by atoms with Gasteiger partial charge in [0.2, 0.25) is 0 Å². The van der Waals surface area contributed by atoms with Crippen LogP contribution in [0.3, 0.4) is 0 Å². The number of hydrogen-bond acceptors (Lipinski definition) is 1. The van der Waals surface area contributed by atoms with Crippen LogP contribution < -0.4 is 0 Å². The summed E-state index contributed by atoms with van der Waals surface area (Å²) in [7, 11) is 0. The summed E-state index contributed by atoms with van der Waals surface area (Å²) < 4.78 is 0. The van der Waals surface area contributed by atoms with Crippen LogP contribution in [0.25, 0.3) is 0 Å². The van der Waals surface area contributed by atoms with Crippen LogP contribution in [-0.2, 0) is 0 Å². The zero-order chi connectivity index (χ0) is 8.53. The van der Waals surface area contributed by atoms with Crippen LogP contribution >= 0.6 is 0 Å². The van der Waals surface area contributed by atoms with E-state index in [0.717, 1.165) is 12.8 Å². The summed E-state index contributed by atoms with van der Waals surface area (Å²) in [4.78, 5) is 4.03. The summed E-state index contributed by atoms with van der Waals surface area (Å²) in [6, 6.07) is 0. The first-order chi connectivity index (χ1) is 5.35. The number of nitrogens with zero attached hydrogens (tertiary/aromatic N) is 1. The van der Waals surface area contributed by atoms with Crippen LogP contribution in [0.15, 0.2) is 42.1 Å². The van der Waals surface area contributed by atoms with Gasteiger partial charge in [0.25, 0.3) is 0 Å². The molecule has 0 saturated heterocycles. The predicted molar refractivity (Wildman–Crippen MR) is 51.9 cm³/mol. The molecule has 0 fully saturated rings. The Kier molecular flexibility index (Phi) is 6.30. The van der Waals surface area contributed by atoms with E-state index < -0.39 is 0 Å². The van der Waals surface area contributed by atoms with Crippen molar-refractivity contribution in [3.8, 4) is 0 Å². The minimum absolute atomic E-state index is 0.922. The largest absolute Gasteiger partial charge is 0.265 e. The minimum Gasteiger partial charge on any atom is -0.265 e. The molecule has 1 nitrogen and oxygen atoms in total. The summed E-state index contributed by atoms with van der Waals surface area (Å²) in [5.41, 5.74) is 1.29. The van der Waals surface area contributed by atoms with Gasteiger partial charge in [-0.25, -0.2) is 0 Å². The second kappa shape index (κ2) is 7.00. The van der Waals surface area contributed by atoms with Crippen LogP contribution in [0.1, 0.15) is 19.8 Å². The Bertz CT molecular complexity index is 175. The van der Waals surface area contributed by atoms with Crippen LogP contribution in [0.2, 0.25) is 0 Å². The molecule has 0 rings (SSSR count). The highest BCUT2D eigenvalue weighted by Gasteiger charge is 1.86. The van der Waals surface area contributed by atoms with Gasteiger partial charge in [-0.1, -0.05) is 25.7 Å². The smallest absolute Gasteiger partial charge is 0.0262 e. The number of aliphatic imine (C=N–C) groups is 1. The van der Waals surface area contributed by atoms with Gasteiger partial charge in [0, 0.05) is 12.4 Å². The Morgan fingerprint density at radius 1 is 1.45 bits per heavy atom. The molecule has 0 radical (unpaired) electrons. The summed E-state index contributed by atoms with van der Waals surface area (Å²) in [5.74, 6) is 0. The molecular weight excluding hydrogens is 134 g/mol. The Morgan fingerprint density at radius 2 is 2.18 bits per heavy atom. The van der Waals surface area contributed by atoms with Gasteiger partial charge in [0.15, 0.2) is 0 Å². The lowest BCUT2D eigenvalue weighted by Crippen LogP contribution is -1.76. The van der Waals surface area contributed by atoms with Crippen molar-refractivity contribution >= 4 is 6.21 Å². The second-order valence-corrected chi connectivity index (χ2v) is 2.17. The third-order valence-corrected chi connectivity index (χ3v) is 1.31. The molecule has 0 amide bonds. The molecule has 0 spiro atoms. The molecule has 0 aromatic carbocycles. The molecule has 0 saturated carbocycles. The zero-order valence-corrected chi connectivity index (χ0v) is 7.09. The molecule has 1 heteroatoms. The average molecular weight is 149 g/mol. The summed E-state index contributed by atoms with van der Waals surface area (Å²) in [6.07, 6.45) is 9.05. The maximum absolute atomic E-state index is 4.03. The van der Waals surface area contributed by atoms with Gasteiger partial charge in [-0.2, -0.15) is 0 Å². The molecule has 0 unspecified atom stereocenters. The van der Waals surface area contributed by atoms with Gasteiger partial charge < -0.3 is 0 Å². The molecule has 60 valence electrons. The highest BCUT2D eigenvalue weighted by molar-refractivity contribution is 5.70. The van der Waals surface area contributed by atoms with E-state index in [2.05, 4.69) is 25.1 Å². The number of rotatable bonds is 5. The van der Waals surface area contributed by atoms with Crippen LogP contribution in [0.4, 0.5) is 0 Å². The molecule has 0 aromatic rings. The molecule has 0 atom stereocenters. The Labute approximate surface area is 68.9 Å². The first kappa shape index (κ1) is 9.89. The molecule has 0 aliphatic carbocycles. The third-order valence-electron chi connectivity index (χ3n) is 1.31. The second-order valence-electron chi connectivity index (χ2n) is 2.17. The van der Waals surface area contributed by atoms with Crippen LogP contribution in [-0.4, -0.2) is 6.21 Å². The van der Waals surface area contributed by atoms with E-state index in [9.17, 15) is 0 Å². The molecule has 0 heterocycles. The van der Waals surface area contributed by atoms with E-state index in [1.807, 2.05) is 12.3 Å². The first-order valence-corrected chi connectivity index (χ1v) is 3.78. The zero-order valence-electron chi connectivity index (χ0n) is 7.09. The minimum atomic E-state index is 0.922. The van der Waals surface area contributed by atoms with E-state index in [0.29, 0.717) is 0 Å². The lowest BCUT2D eigenvalue weighted by Gasteiger charge is -1.95. The monoisotopic (exact) mass is 149 g/mol. The van der Waals surface area contributed by atoms with Crippen LogP contribution in [0, 0.1) is 0 Å². The van der Waals surface area contributed by atoms with Crippen molar-refractivity contribution in [1.29, 1.82) is 0 Å². The van der Waals surface area contributed by atoms with Crippen molar-refractivity contribution in [3.05, 3.63) is 37.1 Å². The highest BCUT2D eigenvalue weighted by Crippen LogP contribution is 2.05. The van der Waals surface area contributed by atoms with E-state index in [1.165, 1.54) is 5.57 Å². The maximum Gasteiger partial charge on any atom is 0.0262 e. The van der Waals surface area contributed by atoms with Crippen molar-refractivity contribution in [2.75, 3.05) is 0 Å². The van der Waals surface area contributed by atoms with Crippen molar-refractivity contribution in [1.82, 2.24) is 0 Å². The fourth-order valence-electron chi connectivity index (χ4n) is 0.683. The molecule has 0 N–H and O–H groups in total. The van der Waals surface area contributed by atoms with E-state index in [-0.39, 0.29) is 0 Å². The Hall–Kier alpha value is -1.11. The molecule has 0 aromatic heterocycles. The van der Waals surface area contributed by atoms with E-state index in [4.69, 9.17) is 0 Å². The van der Waals surface area contributed by atoms with Gasteiger partial charge in [0.1, 0.15) is 0 Å². The summed E-state index contributed by atoms with van der Waals surface area (Å²) in [6.45, 7) is 9.30. The Balaban J connectivity index is 3.98. The third kappa shape index (κ3) is 5.34. The number of allylic oxidation sites excluding steroid dienone is 3. The van der Waals surface area contributed by atoms with Gasteiger partial charge >= 0.3 is 0 Å². The topological polar surface area (TPSA) is 12.4 Å². The predicted octanol–water partition coefficient (Wildman–Crippen LogP) is 3.11. The highest BCUT2D eigenvalue weighted by atomic mass is 14.7. The average Bonchev–Trinajstić information content (AvgIpc) is 2.03. The fraction of sp³-hybridized carbons (Fsp3) is 0.300. The standard InChI is InChI=1S/C10H15N/c1-4-7-10(6-3)9-11-8-5-2/h4-5,8-9H,1-2,6-7H2,3H3/b10-9-,11-8?. The summed E-state index contributed by atoms with van der Waals surface area (Å²) >= 11 is 0. The van der Waals surface area contributed by atoms with Crippen molar-refractivity contribution < 1.29 is 0 Å². The Morgan fingerprint density at radius 3 is 2.64 bits per heavy atom. The van der Waals surface area contributed by atoms with E-state index in [1.54, 1.807) is 12.3 Å². The normalized spacial score (nSPS) is 11.9. The van der Waals surface area contributed by atoms with Crippen LogP contribution in [0.5, 0.6) is 0 Å². The molecule has 0 bridgehead atoms. The van der Waals surface area contributed by atoms with Gasteiger partial charge in [-0.05, 0) is 18.4 Å². The molecule has 0 aliphatic rings. The summed E-state index contributed by atoms with van der Waals surface area (Å²) in [5, 5.41) is 0. The van der Waals surface area contributed by atoms with Gasteiger partial charge in [0.05, 0.1) is 0 Å². The lowest BCUT2D eigenvalue weighted by molar-refractivity contribution is 1.02. The lowest BCUT2D eigenvalue weighted by atomic mass is 10.1. The quantitative estimate of drug-likeness (QED) is 0.420. The number of hydrogen-bond donors (Lipinski definition) is 0. The van der Waals surface area contributed by atoms with Crippen molar-refractivity contribution in [2.24, 2.45) is 4.99 Å². The van der Waals surface area contributed by atoms with Crippen molar-refractivity contribution in [3.63, 3.8) is 0 Å². The maximum atomic E-state index is 4.03. The first-order valence-electron chi connectivity index (χ1n) is 3.78. The van der Waals surface area contributed by atoms with Gasteiger partial charge in [-0.15, -0.1) is 6.58 Å². The fourth-order valence-corrected chi connectivity index (χ4v) is 0.683. The van der Waals surface area contributed by atoms with Crippen molar-refractivity contribution in [2.45, 2.75) is 19.8 Å². The molecular formula is C10H15N.